The van der Waals surface area contributed by atoms with Crippen molar-refractivity contribution in [1.29, 1.82) is 0 Å². The monoisotopic (exact) mass is 582 g/mol. The second kappa shape index (κ2) is 11.7. The zero-order valence-corrected chi connectivity index (χ0v) is 23.8. The molecule has 11 heteroatoms. The lowest BCUT2D eigenvalue weighted by Gasteiger charge is -2.09. The lowest BCUT2D eigenvalue weighted by molar-refractivity contribution is -0.115. The van der Waals surface area contributed by atoms with Gasteiger partial charge in [0, 0.05) is 33.5 Å². The number of carbonyl (C=O) groups is 2. The number of thiazole rings is 1. The van der Waals surface area contributed by atoms with E-state index in [0.717, 1.165) is 32.9 Å². The molecule has 2 aromatic carbocycles. The Balaban J connectivity index is 1.29. The van der Waals surface area contributed by atoms with Crippen molar-refractivity contribution in [2.24, 2.45) is 0 Å². The number of amides is 1. The summed E-state index contributed by atoms with van der Waals surface area (Å²) in [6, 6.07) is 15.5. The van der Waals surface area contributed by atoms with E-state index < -0.39 is 5.97 Å². The Morgan fingerprint density at radius 1 is 1.03 bits per heavy atom. The van der Waals surface area contributed by atoms with Crippen LogP contribution in [0.3, 0.4) is 0 Å². The molecular formula is C27H23ClN4O3S3. The van der Waals surface area contributed by atoms with Crippen LogP contribution in [0, 0.1) is 6.92 Å². The van der Waals surface area contributed by atoms with Crippen LogP contribution in [0.1, 0.15) is 29.3 Å². The maximum atomic E-state index is 12.9. The minimum absolute atomic E-state index is 0.190. The van der Waals surface area contributed by atoms with Gasteiger partial charge in [-0.05, 0) is 37.1 Å². The summed E-state index contributed by atoms with van der Waals surface area (Å²) in [6.45, 7) is 4.02. The molecule has 0 saturated heterocycles. The molecule has 194 valence electrons. The average molecular weight is 583 g/mol. The standard InChI is InChI=1S/C27H23ClN4O3S3/c1-3-35-25(34)23-20(17-6-4-16(2)5-7-17)14-37-24(23)29-22(33)12-13-36-26-30-31-27-32(26)21(15-38-27)18-8-10-19(28)11-9-18/h4-11,14-15H,3,12-13H2,1-2H3,(H,29,33). The maximum Gasteiger partial charge on any atom is 0.341 e. The predicted molar refractivity (Wildman–Crippen MR) is 156 cm³/mol. The lowest BCUT2D eigenvalue weighted by atomic mass is 10.0. The van der Waals surface area contributed by atoms with E-state index in [-0.39, 0.29) is 18.9 Å². The number of benzene rings is 2. The zero-order chi connectivity index (χ0) is 26.6. The quantitative estimate of drug-likeness (QED) is 0.143. The van der Waals surface area contributed by atoms with Gasteiger partial charge in [-0.15, -0.1) is 32.9 Å². The van der Waals surface area contributed by atoms with Crippen molar-refractivity contribution in [2.75, 3.05) is 17.7 Å². The van der Waals surface area contributed by atoms with Gasteiger partial charge in [0.15, 0.2) is 5.16 Å². The number of rotatable bonds is 9. The molecule has 0 radical (unpaired) electrons. The van der Waals surface area contributed by atoms with Gasteiger partial charge in [-0.3, -0.25) is 9.20 Å². The molecule has 0 saturated carbocycles. The number of aromatic nitrogens is 3. The van der Waals surface area contributed by atoms with E-state index in [9.17, 15) is 9.59 Å². The Morgan fingerprint density at radius 2 is 1.76 bits per heavy atom. The van der Waals surface area contributed by atoms with Crippen LogP contribution in [0.15, 0.2) is 64.4 Å². The van der Waals surface area contributed by atoms with Gasteiger partial charge >= 0.3 is 5.97 Å². The third-order valence-corrected chi connectivity index (χ3v) is 8.60. The fourth-order valence-electron chi connectivity index (χ4n) is 3.84. The second-order valence-electron chi connectivity index (χ2n) is 8.32. The van der Waals surface area contributed by atoms with Gasteiger partial charge in [-0.25, -0.2) is 4.79 Å². The summed E-state index contributed by atoms with van der Waals surface area (Å²) in [7, 11) is 0. The Kier molecular flexibility index (Phi) is 8.13. The minimum atomic E-state index is -0.452. The molecule has 0 bridgehead atoms. The normalized spacial score (nSPS) is 11.1. The van der Waals surface area contributed by atoms with E-state index in [1.807, 2.05) is 70.6 Å². The zero-order valence-electron chi connectivity index (χ0n) is 20.6. The van der Waals surface area contributed by atoms with Crippen molar-refractivity contribution in [1.82, 2.24) is 14.6 Å². The molecule has 5 aromatic rings. The molecule has 0 spiro atoms. The van der Waals surface area contributed by atoms with Crippen LogP contribution in [0.5, 0.6) is 0 Å². The number of nitrogens with zero attached hydrogens (tertiary/aromatic N) is 3. The molecule has 0 atom stereocenters. The highest BCUT2D eigenvalue weighted by Gasteiger charge is 2.23. The van der Waals surface area contributed by atoms with Gasteiger partial charge < -0.3 is 10.1 Å². The van der Waals surface area contributed by atoms with E-state index in [1.165, 1.54) is 34.4 Å². The van der Waals surface area contributed by atoms with Crippen molar-refractivity contribution in [3.8, 4) is 22.4 Å². The van der Waals surface area contributed by atoms with Gasteiger partial charge in [0.25, 0.3) is 0 Å². The molecule has 0 unspecified atom stereocenters. The van der Waals surface area contributed by atoms with Gasteiger partial charge in [0.2, 0.25) is 10.9 Å². The first-order valence-corrected chi connectivity index (χ1v) is 14.9. The molecule has 0 aliphatic heterocycles. The number of carbonyl (C=O) groups excluding carboxylic acids is 2. The molecule has 0 aliphatic carbocycles. The van der Waals surface area contributed by atoms with Crippen LogP contribution in [-0.4, -0.2) is 38.8 Å². The van der Waals surface area contributed by atoms with Crippen LogP contribution in [-0.2, 0) is 9.53 Å². The summed E-state index contributed by atoms with van der Waals surface area (Å²) in [6.07, 6.45) is 0.236. The molecular weight excluding hydrogens is 560 g/mol. The van der Waals surface area contributed by atoms with E-state index in [4.69, 9.17) is 16.3 Å². The molecule has 3 heterocycles. The molecule has 38 heavy (non-hydrogen) atoms. The molecule has 7 nitrogen and oxygen atoms in total. The first-order chi connectivity index (χ1) is 18.4. The van der Waals surface area contributed by atoms with Crippen molar-refractivity contribution in [3.63, 3.8) is 0 Å². The summed E-state index contributed by atoms with van der Waals surface area (Å²) in [5, 5.41) is 17.3. The van der Waals surface area contributed by atoms with Crippen LogP contribution < -0.4 is 5.32 Å². The SMILES string of the molecule is CCOC(=O)c1c(-c2ccc(C)cc2)csc1NC(=O)CCSc1nnc2scc(-c3ccc(Cl)cc3)n12. The number of hydrogen-bond acceptors (Lipinski definition) is 8. The van der Waals surface area contributed by atoms with Gasteiger partial charge in [-0.1, -0.05) is 65.3 Å². The molecule has 1 amide bonds. The topological polar surface area (TPSA) is 85.6 Å². The number of anilines is 1. The highest BCUT2D eigenvalue weighted by Crippen LogP contribution is 2.37. The van der Waals surface area contributed by atoms with E-state index >= 15 is 0 Å². The molecule has 0 fully saturated rings. The third-order valence-electron chi connectivity index (χ3n) is 5.71. The predicted octanol–water partition coefficient (Wildman–Crippen LogP) is 7.45. The Labute approximate surface area is 236 Å². The third kappa shape index (κ3) is 5.63. The Hall–Kier alpha value is -3.18. The average Bonchev–Trinajstić information content (AvgIpc) is 3.62. The Bertz CT molecular complexity index is 1590. The number of thioether (sulfide) groups is 1. The highest BCUT2D eigenvalue weighted by molar-refractivity contribution is 7.99. The fraction of sp³-hybridized carbons (Fsp3) is 0.185. The van der Waals surface area contributed by atoms with Crippen LogP contribution >= 0.6 is 46.0 Å². The molecule has 1 N–H and O–H groups in total. The smallest absolute Gasteiger partial charge is 0.341 e. The number of ether oxygens (including phenoxy) is 1. The molecule has 0 aliphatic rings. The van der Waals surface area contributed by atoms with Crippen LogP contribution in [0.2, 0.25) is 5.02 Å². The molecule has 3 aromatic heterocycles. The van der Waals surface area contributed by atoms with Gasteiger partial charge in [-0.2, -0.15) is 0 Å². The summed E-state index contributed by atoms with van der Waals surface area (Å²) in [5.74, 6) is -0.149. The fourth-order valence-corrected chi connectivity index (χ4v) is 6.71. The van der Waals surface area contributed by atoms with Gasteiger partial charge in [0.05, 0.1) is 12.3 Å². The number of aryl methyl sites for hydroxylation is 1. The van der Waals surface area contributed by atoms with Gasteiger partial charge in [0.1, 0.15) is 10.6 Å². The first kappa shape index (κ1) is 26.4. The summed E-state index contributed by atoms with van der Waals surface area (Å²) in [5.41, 5.74) is 5.13. The number of thiophene rings is 1. The van der Waals surface area contributed by atoms with Crippen molar-refractivity contribution < 1.29 is 14.3 Å². The number of esters is 1. The first-order valence-electron chi connectivity index (χ1n) is 11.8. The number of nitrogens with one attached hydrogen (secondary N) is 1. The summed E-state index contributed by atoms with van der Waals surface area (Å²) >= 11 is 10.3. The summed E-state index contributed by atoms with van der Waals surface area (Å²) < 4.78 is 7.29. The second-order valence-corrected chi connectivity index (χ2v) is 11.5. The lowest BCUT2D eigenvalue weighted by Crippen LogP contribution is -2.15. The summed E-state index contributed by atoms with van der Waals surface area (Å²) in [4.78, 5) is 26.5. The maximum absolute atomic E-state index is 12.9. The van der Waals surface area contributed by atoms with Crippen molar-refractivity contribution in [2.45, 2.75) is 25.4 Å². The largest absolute Gasteiger partial charge is 0.462 e. The van der Waals surface area contributed by atoms with Crippen molar-refractivity contribution in [3.05, 3.63) is 75.4 Å². The minimum Gasteiger partial charge on any atom is -0.462 e. The van der Waals surface area contributed by atoms with Crippen LogP contribution in [0.4, 0.5) is 5.00 Å². The molecule has 5 rings (SSSR count). The van der Waals surface area contributed by atoms with E-state index in [0.29, 0.717) is 26.5 Å². The number of fused-ring (bicyclic) bond motifs is 1. The Morgan fingerprint density at radius 3 is 2.50 bits per heavy atom. The van der Waals surface area contributed by atoms with E-state index in [1.54, 1.807) is 6.92 Å². The number of halogens is 1. The number of hydrogen-bond donors (Lipinski definition) is 1. The van der Waals surface area contributed by atoms with Crippen molar-refractivity contribution >= 4 is 67.9 Å². The van der Waals surface area contributed by atoms with E-state index in [2.05, 4.69) is 15.5 Å². The highest BCUT2D eigenvalue weighted by atomic mass is 35.5. The van der Waals surface area contributed by atoms with Crippen LogP contribution in [0.25, 0.3) is 27.3 Å².